The van der Waals surface area contributed by atoms with Crippen LogP contribution in [0.3, 0.4) is 0 Å². The molecule has 1 atom stereocenters. The van der Waals surface area contributed by atoms with Gasteiger partial charge >= 0.3 is 11.9 Å². The maximum Gasteiger partial charge on any atom is 0.306 e. The Morgan fingerprint density at radius 1 is 0.311 bits per heavy atom. The third-order valence-electron chi connectivity index (χ3n) is 12.7. The van der Waals surface area contributed by atoms with Crippen LogP contribution in [0.5, 0.6) is 0 Å². The lowest BCUT2D eigenvalue weighted by Gasteiger charge is -2.18. The fraction of sp³-hybridized carbons (Fsp3) is 0.652. The van der Waals surface area contributed by atoms with Crippen LogP contribution in [0.4, 0.5) is 0 Å². The molecule has 0 heterocycles. The van der Waals surface area contributed by atoms with Gasteiger partial charge < -0.3 is 14.2 Å². The van der Waals surface area contributed by atoms with Gasteiger partial charge in [0.1, 0.15) is 6.61 Å². The predicted octanol–water partition coefficient (Wildman–Crippen LogP) is 21.5. The number of ether oxygens (including phenoxy) is 3. The van der Waals surface area contributed by atoms with Crippen molar-refractivity contribution in [3.63, 3.8) is 0 Å². The van der Waals surface area contributed by atoms with Crippen LogP contribution in [-0.2, 0) is 23.8 Å². The minimum atomic E-state index is -0.594. The van der Waals surface area contributed by atoms with Gasteiger partial charge in [0.2, 0.25) is 0 Å². The van der Waals surface area contributed by atoms with Crippen LogP contribution in [0.25, 0.3) is 0 Å². The van der Waals surface area contributed by atoms with E-state index in [1.807, 2.05) is 6.08 Å². The Morgan fingerprint density at radius 2 is 0.635 bits per heavy atom. The second kappa shape index (κ2) is 63.3. The van der Waals surface area contributed by atoms with Crippen molar-refractivity contribution in [1.82, 2.24) is 0 Å². The van der Waals surface area contributed by atoms with Gasteiger partial charge in [0.15, 0.2) is 6.10 Å². The summed E-state index contributed by atoms with van der Waals surface area (Å²) in [5, 5.41) is 0. The average molecular weight is 1020 g/mol. The van der Waals surface area contributed by atoms with E-state index in [4.69, 9.17) is 14.2 Å². The van der Waals surface area contributed by atoms with Gasteiger partial charge in [-0.3, -0.25) is 9.59 Å². The molecule has 0 bridgehead atoms. The van der Waals surface area contributed by atoms with Crippen LogP contribution in [0.15, 0.2) is 134 Å². The maximum absolute atomic E-state index is 12.9. The first-order valence-electron chi connectivity index (χ1n) is 30.7. The quantitative estimate of drug-likeness (QED) is 0.0345. The van der Waals surface area contributed by atoms with E-state index in [2.05, 4.69) is 148 Å². The number of hydrogen-bond donors (Lipinski definition) is 0. The summed E-state index contributed by atoms with van der Waals surface area (Å²) in [6.07, 6.45) is 90.7. The smallest absolute Gasteiger partial charge is 0.306 e. The van der Waals surface area contributed by atoms with Crippen molar-refractivity contribution in [3.05, 3.63) is 134 Å². The fourth-order valence-corrected chi connectivity index (χ4v) is 8.21. The van der Waals surface area contributed by atoms with Crippen LogP contribution >= 0.6 is 0 Å². The first kappa shape index (κ1) is 70.0. The lowest BCUT2D eigenvalue weighted by molar-refractivity contribution is -0.162. The SMILES string of the molecule is CC/C=C\C/C=C\C/C=C\C/C=C\C/C=C\C/C=C\CCC(=O)OCC(COCCCCCCCCCCCCCCCCCCCCCC)OC(=O)CCCCC/C=C\C/C=C\C/C=C\C/C=C\C/C=C\CC. The van der Waals surface area contributed by atoms with E-state index in [9.17, 15) is 9.59 Å². The molecule has 0 aromatic heterocycles. The second-order valence-electron chi connectivity index (χ2n) is 19.8. The highest BCUT2D eigenvalue weighted by atomic mass is 16.6. The summed E-state index contributed by atoms with van der Waals surface area (Å²) in [7, 11) is 0. The van der Waals surface area contributed by atoms with Crippen molar-refractivity contribution in [3.8, 4) is 0 Å². The minimum absolute atomic E-state index is 0.0254. The molecular formula is C69H114O5. The Hall–Kier alpha value is -3.96. The molecule has 74 heavy (non-hydrogen) atoms. The van der Waals surface area contributed by atoms with Gasteiger partial charge in [-0.2, -0.15) is 0 Å². The normalized spacial score (nSPS) is 13.2. The molecule has 0 fully saturated rings. The van der Waals surface area contributed by atoms with Crippen LogP contribution < -0.4 is 0 Å². The topological polar surface area (TPSA) is 61.8 Å². The van der Waals surface area contributed by atoms with Crippen molar-refractivity contribution >= 4 is 11.9 Å². The van der Waals surface area contributed by atoms with Gasteiger partial charge in [-0.1, -0.05) is 283 Å². The van der Waals surface area contributed by atoms with E-state index in [1.165, 1.54) is 116 Å². The third-order valence-corrected chi connectivity index (χ3v) is 12.7. The summed E-state index contributed by atoms with van der Waals surface area (Å²) in [5.41, 5.74) is 0. The van der Waals surface area contributed by atoms with E-state index < -0.39 is 6.10 Å². The Bertz CT molecular complexity index is 1530. The molecule has 0 radical (unpaired) electrons. The zero-order chi connectivity index (χ0) is 53.4. The number of rotatable bonds is 55. The van der Waals surface area contributed by atoms with Gasteiger partial charge in [-0.25, -0.2) is 0 Å². The molecule has 0 amide bonds. The van der Waals surface area contributed by atoms with Crippen molar-refractivity contribution in [2.24, 2.45) is 0 Å². The minimum Gasteiger partial charge on any atom is -0.462 e. The summed E-state index contributed by atoms with van der Waals surface area (Å²) in [4.78, 5) is 25.6. The predicted molar refractivity (Wildman–Crippen MR) is 325 cm³/mol. The number of unbranched alkanes of at least 4 members (excludes halogenated alkanes) is 22. The van der Waals surface area contributed by atoms with E-state index in [-0.39, 0.29) is 25.2 Å². The molecular weight excluding hydrogens is 909 g/mol. The van der Waals surface area contributed by atoms with E-state index in [0.717, 1.165) is 109 Å². The van der Waals surface area contributed by atoms with E-state index >= 15 is 0 Å². The molecule has 0 rings (SSSR count). The van der Waals surface area contributed by atoms with Crippen molar-refractivity contribution in [2.75, 3.05) is 19.8 Å². The van der Waals surface area contributed by atoms with Gasteiger partial charge in [-0.05, 0) is 103 Å². The Kier molecular flexibility index (Phi) is 59.9. The summed E-state index contributed by atoms with van der Waals surface area (Å²) in [5.74, 6) is -0.531. The summed E-state index contributed by atoms with van der Waals surface area (Å²) in [6.45, 7) is 7.50. The molecule has 0 aliphatic carbocycles. The molecule has 0 spiro atoms. The van der Waals surface area contributed by atoms with E-state index in [1.54, 1.807) is 0 Å². The lowest BCUT2D eigenvalue weighted by atomic mass is 10.0. The first-order valence-corrected chi connectivity index (χ1v) is 30.7. The molecule has 0 N–H and O–H groups in total. The lowest BCUT2D eigenvalue weighted by Crippen LogP contribution is -2.30. The van der Waals surface area contributed by atoms with Gasteiger partial charge in [-0.15, -0.1) is 0 Å². The number of allylic oxidation sites excluding steroid dienone is 22. The monoisotopic (exact) mass is 1020 g/mol. The molecule has 420 valence electrons. The molecule has 1 unspecified atom stereocenters. The van der Waals surface area contributed by atoms with Gasteiger partial charge in [0.25, 0.3) is 0 Å². The largest absolute Gasteiger partial charge is 0.462 e. The highest BCUT2D eigenvalue weighted by molar-refractivity contribution is 5.70. The van der Waals surface area contributed by atoms with Gasteiger partial charge in [0, 0.05) is 19.4 Å². The molecule has 0 saturated heterocycles. The standard InChI is InChI=1S/C69H114O5/c1-4-7-10-13-16-19-22-25-28-31-34-37-40-43-46-49-52-55-58-61-64-72-65-67(74-69(71)63-60-57-54-51-48-45-42-39-36-33-30-27-24-21-18-15-12-9-6-3)66-73-68(70)62-59-56-53-50-47-44-41-38-35-32-29-26-23-20-17-14-11-8-5-2/h8-9,11-12,17-18,20-21,26-27,29-30,35-36,38-39,44-45,47-48,53,56,67H,4-7,10,13-16,19,22-25,28,31-34,37,40-43,46,49-52,54-55,57-66H2,1-3H3/b11-8-,12-9-,20-17-,21-18-,29-26-,30-27-,38-35-,39-36-,47-44-,48-45-,56-53-. The molecule has 0 aliphatic heterocycles. The molecule has 5 nitrogen and oxygen atoms in total. The molecule has 0 aliphatic rings. The molecule has 0 aromatic carbocycles. The van der Waals surface area contributed by atoms with Crippen LogP contribution in [0.1, 0.15) is 265 Å². The fourth-order valence-electron chi connectivity index (χ4n) is 8.21. The van der Waals surface area contributed by atoms with Gasteiger partial charge in [0.05, 0.1) is 6.61 Å². The molecule has 0 aromatic rings. The molecule has 5 heteroatoms. The van der Waals surface area contributed by atoms with E-state index in [0.29, 0.717) is 25.9 Å². The van der Waals surface area contributed by atoms with Crippen LogP contribution in [0.2, 0.25) is 0 Å². The Morgan fingerprint density at radius 3 is 1.01 bits per heavy atom. The maximum atomic E-state index is 12.9. The number of carbonyl (C=O) groups excluding carboxylic acids is 2. The summed E-state index contributed by atoms with van der Waals surface area (Å²) in [6, 6.07) is 0. The third kappa shape index (κ3) is 60.6. The number of carbonyl (C=O) groups is 2. The highest BCUT2D eigenvalue weighted by Gasteiger charge is 2.17. The zero-order valence-electron chi connectivity index (χ0n) is 48.3. The number of hydrogen-bond acceptors (Lipinski definition) is 5. The van der Waals surface area contributed by atoms with Crippen LogP contribution in [0, 0.1) is 0 Å². The molecule has 0 saturated carbocycles. The second-order valence-corrected chi connectivity index (χ2v) is 19.8. The van der Waals surface area contributed by atoms with Crippen molar-refractivity contribution in [2.45, 2.75) is 271 Å². The average Bonchev–Trinajstić information content (AvgIpc) is 3.40. The summed E-state index contributed by atoms with van der Waals surface area (Å²) >= 11 is 0. The first-order chi connectivity index (χ1) is 36.6. The van der Waals surface area contributed by atoms with Crippen molar-refractivity contribution in [1.29, 1.82) is 0 Å². The Labute approximate surface area is 458 Å². The van der Waals surface area contributed by atoms with Crippen LogP contribution in [-0.4, -0.2) is 37.9 Å². The zero-order valence-corrected chi connectivity index (χ0v) is 48.3. The summed E-state index contributed by atoms with van der Waals surface area (Å²) < 4.78 is 17.4. The van der Waals surface area contributed by atoms with Crippen molar-refractivity contribution < 1.29 is 23.8 Å². The highest BCUT2D eigenvalue weighted by Crippen LogP contribution is 2.16. The Balaban J connectivity index is 4.45. The number of esters is 2.